The van der Waals surface area contributed by atoms with E-state index in [4.69, 9.17) is 0 Å². The molecular weight excluding hydrogens is 172 g/mol. The lowest BCUT2D eigenvalue weighted by atomic mass is 10.1. The van der Waals surface area contributed by atoms with Gasteiger partial charge in [-0.3, -0.25) is 4.98 Å². The molecule has 2 heteroatoms. The minimum absolute atomic E-state index is 0.914. The van der Waals surface area contributed by atoms with E-state index in [0.29, 0.717) is 0 Å². The molecule has 0 saturated carbocycles. The monoisotopic (exact) mass is 190 g/mol. The fourth-order valence-electron chi connectivity index (χ4n) is 1.28. The Morgan fingerprint density at radius 1 is 1.57 bits per heavy atom. The summed E-state index contributed by atoms with van der Waals surface area (Å²) in [4.78, 5) is 4.10. The van der Waals surface area contributed by atoms with Crippen LogP contribution in [0.1, 0.15) is 24.0 Å². The van der Waals surface area contributed by atoms with Gasteiger partial charge in [0, 0.05) is 18.9 Å². The first-order valence-corrected chi connectivity index (χ1v) is 5.05. The van der Waals surface area contributed by atoms with Crippen molar-refractivity contribution in [3.05, 3.63) is 42.2 Å². The third-order valence-corrected chi connectivity index (χ3v) is 2.22. The number of rotatable bonds is 6. The molecule has 1 heterocycles. The second kappa shape index (κ2) is 6.33. The van der Waals surface area contributed by atoms with Gasteiger partial charge >= 0.3 is 0 Å². The van der Waals surface area contributed by atoms with Gasteiger partial charge in [0.05, 0.1) is 0 Å². The number of hydrogen-bond donors (Lipinski definition) is 1. The predicted octanol–water partition coefficient (Wildman–Crippen LogP) is 2.45. The Morgan fingerprint density at radius 2 is 2.43 bits per heavy atom. The highest BCUT2D eigenvalue weighted by Gasteiger charge is 1.95. The fraction of sp³-hybridized carbons (Fsp3) is 0.417. The lowest BCUT2D eigenvalue weighted by molar-refractivity contribution is 0.652. The highest BCUT2D eigenvalue weighted by atomic mass is 14.8. The van der Waals surface area contributed by atoms with Crippen molar-refractivity contribution < 1.29 is 0 Å². The molecule has 1 N–H and O–H groups in total. The summed E-state index contributed by atoms with van der Waals surface area (Å²) in [5.74, 6) is 0. The van der Waals surface area contributed by atoms with Crippen molar-refractivity contribution in [3.63, 3.8) is 0 Å². The van der Waals surface area contributed by atoms with Gasteiger partial charge in [-0.2, -0.15) is 0 Å². The SMILES string of the molecule is C=CCCCNCc1cnccc1C. The van der Waals surface area contributed by atoms with Gasteiger partial charge in [0.1, 0.15) is 0 Å². The molecule has 0 aliphatic heterocycles. The first kappa shape index (κ1) is 10.9. The number of allylic oxidation sites excluding steroid dienone is 1. The molecule has 0 amide bonds. The van der Waals surface area contributed by atoms with Gasteiger partial charge in [-0.25, -0.2) is 0 Å². The number of pyridine rings is 1. The Bertz CT molecular complexity index is 281. The molecule has 2 nitrogen and oxygen atoms in total. The maximum absolute atomic E-state index is 4.10. The molecule has 14 heavy (non-hydrogen) atoms. The maximum Gasteiger partial charge on any atom is 0.0315 e. The highest BCUT2D eigenvalue weighted by Crippen LogP contribution is 2.03. The number of unbranched alkanes of at least 4 members (excludes halogenated alkanes) is 1. The van der Waals surface area contributed by atoms with E-state index in [0.717, 1.165) is 25.9 Å². The molecule has 0 bridgehead atoms. The van der Waals surface area contributed by atoms with Crippen LogP contribution in [-0.4, -0.2) is 11.5 Å². The van der Waals surface area contributed by atoms with Crippen LogP contribution in [0, 0.1) is 6.92 Å². The van der Waals surface area contributed by atoms with Crippen LogP contribution in [0.2, 0.25) is 0 Å². The zero-order chi connectivity index (χ0) is 10.2. The van der Waals surface area contributed by atoms with Crippen molar-refractivity contribution in [2.45, 2.75) is 26.3 Å². The number of nitrogens with one attached hydrogen (secondary N) is 1. The molecule has 0 aromatic carbocycles. The smallest absolute Gasteiger partial charge is 0.0315 e. The fourth-order valence-corrected chi connectivity index (χ4v) is 1.28. The molecule has 1 rings (SSSR count). The third kappa shape index (κ3) is 3.71. The molecular formula is C12H18N2. The van der Waals surface area contributed by atoms with Gasteiger partial charge in [-0.1, -0.05) is 6.08 Å². The zero-order valence-corrected chi connectivity index (χ0v) is 8.79. The minimum Gasteiger partial charge on any atom is -0.313 e. The summed E-state index contributed by atoms with van der Waals surface area (Å²) in [6, 6.07) is 2.04. The summed E-state index contributed by atoms with van der Waals surface area (Å²) in [7, 11) is 0. The predicted molar refractivity (Wildman–Crippen MR) is 60.1 cm³/mol. The molecule has 0 fully saturated rings. The van der Waals surface area contributed by atoms with Crippen molar-refractivity contribution in [1.29, 1.82) is 0 Å². The van der Waals surface area contributed by atoms with Crippen LogP contribution in [0.4, 0.5) is 0 Å². The van der Waals surface area contributed by atoms with Gasteiger partial charge in [0.15, 0.2) is 0 Å². The summed E-state index contributed by atoms with van der Waals surface area (Å²) in [5, 5.41) is 3.39. The summed E-state index contributed by atoms with van der Waals surface area (Å²) < 4.78 is 0. The molecule has 1 aromatic heterocycles. The standard InChI is InChI=1S/C12H18N2/c1-3-4-5-7-13-9-12-10-14-8-6-11(12)2/h3,6,8,10,13H,1,4-5,7,9H2,2H3. The molecule has 1 aromatic rings. The van der Waals surface area contributed by atoms with Gasteiger partial charge in [0.25, 0.3) is 0 Å². The zero-order valence-electron chi connectivity index (χ0n) is 8.79. The van der Waals surface area contributed by atoms with Gasteiger partial charge in [-0.15, -0.1) is 6.58 Å². The van der Waals surface area contributed by atoms with E-state index in [-0.39, 0.29) is 0 Å². The highest BCUT2D eigenvalue weighted by molar-refractivity contribution is 5.20. The van der Waals surface area contributed by atoms with E-state index < -0.39 is 0 Å². The lowest BCUT2D eigenvalue weighted by Crippen LogP contribution is -2.15. The summed E-state index contributed by atoms with van der Waals surface area (Å²) in [6.07, 6.45) is 7.95. The van der Waals surface area contributed by atoms with Crippen molar-refractivity contribution in [1.82, 2.24) is 10.3 Å². The van der Waals surface area contributed by atoms with Crippen LogP contribution >= 0.6 is 0 Å². The number of aryl methyl sites for hydroxylation is 1. The Hall–Kier alpha value is -1.15. The lowest BCUT2D eigenvalue weighted by Gasteiger charge is -2.05. The van der Waals surface area contributed by atoms with Crippen LogP contribution in [0.3, 0.4) is 0 Å². The van der Waals surface area contributed by atoms with E-state index in [1.54, 1.807) is 0 Å². The molecule has 0 atom stereocenters. The molecule has 76 valence electrons. The normalized spacial score (nSPS) is 10.1. The second-order valence-electron chi connectivity index (χ2n) is 3.41. The average Bonchev–Trinajstić information content (AvgIpc) is 2.20. The van der Waals surface area contributed by atoms with Gasteiger partial charge in [-0.05, 0) is 43.5 Å². The van der Waals surface area contributed by atoms with E-state index in [2.05, 4.69) is 23.8 Å². The molecule has 0 unspecified atom stereocenters. The van der Waals surface area contributed by atoms with Crippen molar-refractivity contribution in [3.8, 4) is 0 Å². The quantitative estimate of drug-likeness (QED) is 0.550. The summed E-state index contributed by atoms with van der Waals surface area (Å²) >= 11 is 0. The Labute approximate surface area is 86.1 Å². The summed E-state index contributed by atoms with van der Waals surface area (Å²) in [5.41, 5.74) is 2.59. The molecule has 0 aliphatic rings. The third-order valence-electron chi connectivity index (χ3n) is 2.22. The first-order valence-electron chi connectivity index (χ1n) is 5.05. The number of nitrogens with zero attached hydrogens (tertiary/aromatic N) is 1. The molecule has 0 radical (unpaired) electrons. The van der Waals surface area contributed by atoms with Crippen molar-refractivity contribution in [2.24, 2.45) is 0 Å². The van der Waals surface area contributed by atoms with Crippen LogP contribution in [0.15, 0.2) is 31.1 Å². The second-order valence-corrected chi connectivity index (χ2v) is 3.41. The largest absolute Gasteiger partial charge is 0.313 e. The minimum atomic E-state index is 0.914. The molecule has 0 saturated heterocycles. The molecule has 0 spiro atoms. The van der Waals surface area contributed by atoms with E-state index in [1.807, 2.05) is 24.5 Å². The van der Waals surface area contributed by atoms with Crippen molar-refractivity contribution >= 4 is 0 Å². The van der Waals surface area contributed by atoms with Crippen LogP contribution in [0.25, 0.3) is 0 Å². The average molecular weight is 190 g/mol. The Morgan fingerprint density at radius 3 is 3.14 bits per heavy atom. The summed E-state index contributed by atoms with van der Waals surface area (Å²) in [6.45, 7) is 7.76. The van der Waals surface area contributed by atoms with E-state index in [1.165, 1.54) is 11.1 Å². The van der Waals surface area contributed by atoms with E-state index >= 15 is 0 Å². The van der Waals surface area contributed by atoms with E-state index in [9.17, 15) is 0 Å². The van der Waals surface area contributed by atoms with Crippen LogP contribution in [-0.2, 0) is 6.54 Å². The first-order chi connectivity index (χ1) is 6.84. The molecule has 0 aliphatic carbocycles. The van der Waals surface area contributed by atoms with Crippen LogP contribution in [0.5, 0.6) is 0 Å². The van der Waals surface area contributed by atoms with Crippen molar-refractivity contribution in [2.75, 3.05) is 6.54 Å². The Kier molecular flexibility index (Phi) is 4.94. The van der Waals surface area contributed by atoms with Gasteiger partial charge in [0.2, 0.25) is 0 Å². The van der Waals surface area contributed by atoms with Gasteiger partial charge < -0.3 is 5.32 Å². The number of hydrogen-bond acceptors (Lipinski definition) is 2. The van der Waals surface area contributed by atoms with Crippen LogP contribution < -0.4 is 5.32 Å². The topological polar surface area (TPSA) is 24.9 Å². The Balaban J connectivity index is 2.24. The number of aromatic nitrogens is 1. The maximum atomic E-state index is 4.10.